The molecule has 0 spiro atoms. The van der Waals surface area contributed by atoms with E-state index in [0.29, 0.717) is 12.5 Å². The maximum absolute atomic E-state index is 9.49. The van der Waals surface area contributed by atoms with E-state index in [9.17, 15) is 5.11 Å². The normalized spacial score (nSPS) is 17.4. The SMILES string of the molecule is OCCN(Cc1ccccc1)[C@H](CO)C1CC1. The van der Waals surface area contributed by atoms with Crippen LogP contribution in [0.2, 0.25) is 0 Å². The third-order valence-electron chi connectivity index (χ3n) is 3.44. The van der Waals surface area contributed by atoms with Gasteiger partial charge >= 0.3 is 0 Å². The van der Waals surface area contributed by atoms with Crippen LogP contribution in [0.25, 0.3) is 0 Å². The molecule has 17 heavy (non-hydrogen) atoms. The number of hydrogen-bond acceptors (Lipinski definition) is 3. The van der Waals surface area contributed by atoms with Gasteiger partial charge in [0.15, 0.2) is 0 Å². The van der Waals surface area contributed by atoms with Gasteiger partial charge in [0.1, 0.15) is 0 Å². The van der Waals surface area contributed by atoms with Gasteiger partial charge < -0.3 is 10.2 Å². The van der Waals surface area contributed by atoms with E-state index in [2.05, 4.69) is 17.0 Å². The Morgan fingerprint density at radius 2 is 1.88 bits per heavy atom. The van der Waals surface area contributed by atoms with E-state index in [4.69, 9.17) is 5.11 Å². The maximum Gasteiger partial charge on any atom is 0.0589 e. The number of benzene rings is 1. The van der Waals surface area contributed by atoms with E-state index in [1.54, 1.807) is 0 Å². The molecule has 0 heterocycles. The van der Waals surface area contributed by atoms with Crippen LogP contribution in [0.5, 0.6) is 0 Å². The molecule has 1 saturated carbocycles. The zero-order valence-corrected chi connectivity index (χ0v) is 10.1. The highest BCUT2D eigenvalue weighted by molar-refractivity contribution is 5.14. The molecule has 2 rings (SSSR count). The summed E-state index contributed by atoms with van der Waals surface area (Å²) in [5, 5.41) is 18.6. The number of rotatable bonds is 7. The first kappa shape index (κ1) is 12.6. The Hall–Kier alpha value is -0.900. The zero-order chi connectivity index (χ0) is 12.1. The summed E-state index contributed by atoms with van der Waals surface area (Å²) in [6.45, 7) is 1.79. The Balaban J connectivity index is 2.00. The molecule has 0 bridgehead atoms. The highest BCUT2D eigenvalue weighted by atomic mass is 16.3. The van der Waals surface area contributed by atoms with Gasteiger partial charge in [-0.1, -0.05) is 30.3 Å². The third-order valence-corrected chi connectivity index (χ3v) is 3.44. The van der Waals surface area contributed by atoms with Crippen LogP contribution in [0, 0.1) is 5.92 Å². The van der Waals surface area contributed by atoms with Crippen LogP contribution >= 0.6 is 0 Å². The molecule has 0 aliphatic heterocycles. The van der Waals surface area contributed by atoms with Crippen LogP contribution in [0.15, 0.2) is 30.3 Å². The van der Waals surface area contributed by atoms with Crippen molar-refractivity contribution in [3.8, 4) is 0 Å². The van der Waals surface area contributed by atoms with Crippen molar-refractivity contribution in [1.82, 2.24) is 4.90 Å². The molecule has 2 N–H and O–H groups in total. The van der Waals surface area contributed by atoms with Gasteiger partial charge in [-0.15, -0.1) is 0 Å². The Bertz CT molecular complexity index is 324. The quantitative estimate of drug-likeness (QED) is 0.747. The summed E-state index contributed by atoms with van der Waals surface area (Å²) < 4.78 is 0. The summed E-state index contributed by atoms with van der Waals surface area (Å²) >= 11 is 0. The van der Waals surface area contributed by atoms with E-state index in [1.807, 2.05) is 18.2 Å². The predicted molar refractivity (Wildman–Crippen MR) is 67.5 cm³/mol. The number of hydrogen-bond donors (Lipinski definition) is 2. The third kappa shape index (κ3) is 3.53. The van der Waals surface area contributed by atoms with E-state index >= 15 is 0 Å². The zero-order valence-electron chi connectivity index (χ0n) is 10.1. The van der Waals surface area contributed by atoms with E-state index in [1.165, 1.54) is 18.4 Å². The van der Waals surface area contributed by atoms with Crippen molar-refractivity contribution in [3.05, 3.63) is 35.9 Å². The molecule has 3 heteroatoms. The lowest BCUT2D eigenvalue weighted by Crippen LogP contribution is -2.40. The predicted octanol–water partition coefficient (Wildman–Crippen LogP) is 1.25. The molecule has 1 aromatic rings. The number of aliphatic hydroxyl groups excluding tert-OH is 2. The molecule has 0 radical (unpaired) electrons. The smallest absolute Gasteiger partial charge is 0.0589 e. The Labute approximate surface area is 103 Å². The first-order chi connectivity index (χ1) is 8.35. The highest BCUT2D eigenvalue weighted by Crippen LogP contribution is 2.35. The molecule has 1 aromatic carbocycles. The van der Waals surface area contributed by atoms with Gasteiger partial charge in [0, 0.05) is 19.1 Å². The first-order valence-corrected chi connectivity index (χ1v) is 6.35. The highest BCUT2D eigenvalue weighted by Gasteiger charge is 2.34. The summed E-state index contributed by atoms with van der Waals surface area (Å²) in [7, 11) is 0. The lowest BCUT2D eigenvalue weighted by atomic mass is 10.1. The van der Waals surface area contributed by atoms with Gasteiger partial charge in [-0.3, -0.25) is 4.90 Å². The lowest BCUT2D eigenvalue weighted by Gasteiger charge is -2.30. The minimum absolute atomic E-state index is 0.149. The second kappa shape index (κ2) is 6.15. The molecule has 0 saturated heterocycles. The fraction of sp³-hybridized carbons (Fsp3) is 0.571. The van der Waals surface area contributed by atoms with Gasteiger partial charge in [0.25, 0.3) is 0 Å². The first-order valence-electron chi connectivity index (χ1n) is 6.35. The van der Waals surface area contributed by atoms with Crippen molar-refractivity contribution in [2.75, 3.05) is 19.8 Å². The van der Waals surface area contributed by atoms with Gasteiger partial charge in [-0.05, 0) is 24.3 Å². The van der Waals surface area contributed by atoms with Crippen molar-refractivity contribution in [3.63, 3.8) is 0 Å². The van der Waals surface area contributed by atoms with Crippen LogP contribution in [-0.4, -0.2) is 40.9 Å². The van der Waals surface area contributed by atoms with Gasteiger partial charge in [0.05, 0.1) is 13.2 Å². The molecule has 0 amide bonds. The molecule has 1 aliphatic rings. The van der Waals surface area contributed by atoms with Crippen LogP contribution in [0.1, 0.15) is 18.4 Å². The second-order valence-electron chi connectivity index (χ2n) is 4.77. The largest absolute Gasteiger partial charge is 0.395 e. The summed E-state index contributed by atoms with van der Waals surface area (Å²) in [6, 6.07) is 10.4. The average Bonchev–Trinajstić information content (AvgIpc) is 3.16. The monoisotopic (exact) mass is 235 g/mol. The molecule has 1 atom stereocenters. The molecule has 0 aromatic heterocycles. The van der Waals surface area contributed by atoms with Gasteiger partial charge in [0.2, 0.25) is 0 Å². The second-order valence-corrected chi connectivity index (χ2v) is 4.77. The Morgan fingerprint density at radius 1 is 1.18 bits per heavy atom. The summed E-state index contributed by atoms with van der Waals surface area (Å²) in [5.74, 6) is 0.621. The van der Waals surface area contributed by atoms with E-state index in [-0.39, 0.29) is 19.3 Å². The maximum atomic E-state index is 9.49. The molecule has 1 fully saturated rings. The van der Waals surface area contributed by atoms with Gasteiger partial charge in [-0.2, -0.15) is 0 Å². The molecule has 94 valence electrons. The molecule has 1 aliphatic carbocycles. The Morgan fingerprint density at radius 3 is 2.41 bits per heavy atom. The molecule has 0 unspecified atom stereocenters. The lowest BCUT2D eigenvalue weighted by molar-refractivity contribution is 0.0827. The van der Waals surface area contributed by atoms with Crippen molar-refractivity contribution in [2.45, 2.75) is 25.4 Å². The van der Waals surface area contributed by atoms with E-state index < -0.39 is 0 Å². The van der Waals surface area contributed by atoms with E-state index in [0.717, 1.165) is 6.54 Å². The van der Waals surface area contributed by atoms with Crippen molar-refractivity contribution in [1.29, 1.82) is 0 Å². The average molecular weight is 235 g/mol. The summed E-state index contributed by atoms with van der Waals surface area (Å²) in [5.41, 5.74) is 1.24. The number of nitrogens with zero attached hydrogens (tertiary/aromatic N) is 1. The fourth-order valence-corrected chi connectivity index (χ4v) is 2.35. The number of aliphatic hydroxyl groups is 2. The fourth-order valence-electron chi connectivity index (χ4n) is 2.35. The van der Waals surface area contributed by atoms with Gasteiger partial charge in [-0.25, -0.2) is 0 Å². The Kier molecular flexibility index (Phi) is 4.54. The van der Waals surface area contributed by atoms with Crippen molar-refractivity contribution >= 4 is 0 Å². The van der Waals surface area contributed by atoms with Crippen LogP contribution in [0.4, 0.5) is 0 Å². The van der Waals surface area contributed by atoms with Crippen molar-refractivity contribution < 1.29 is 10.2 Å². The molecule has 3 nitrogen and oxygen atoms in total. The van der Waals surface area contributed by atoms with Crippen LogP contribution < -0.4 is 0 Å². The van der Waals surface area contributed by atoms with Crippen LogP contribution in [-0.2, 0) is 6.54 Å². The topological polar surface area (TPSA) is 43.7 Å². The minimum atomic E-state index is 0.149. The minimum Gasteiger partial charge on any atom is -0.395 e. The van der Waals surface area contributed by atoms with Crippen LogP contribution in [0.3, 0.4) is 0 Å². The molecular weight excluding hydrogens is 214 g/mol. The standard InChI is InChI=1S/C14H21NO2/c16-9-8-15(14(11-17)13-6-7-13)10-12-4-2-1-3-5-12/h1-5,13-14,16-17H,6-11H2/t14-/m1/s1. The summed E-state index contributed by atoms with van der Waals surface area (Å²) in [4.78, 5) is 2.20. The van der Waals surface area contributed by atoms with Crippen molar-refractivity contribution in [2.24, 2.45) is 5.92 Å². The molecular formula is C14H21NO2. The summed E-state index contributed by atoms with van der Waals surface area (Å²) in [6.07, 6.45) is 2.42.